The van der Waals surface area contributed by atoms with Crippen LogP contribution in [0.15, 0.2) is 18.2 Å². The monoisotopic (exact) mass is 233 g/mol. The molecule has 1 aliphatic carbocycles. The Morgan fingerprint density at radius 2 is 2.00 bits per heavy atom. The van der Waals surface area contributed by atoms with Gasteiger partial charge in [-0.2, -0.15) is 0 Å². The predicted molar refractivity (Wildman–Crippen MR) is 66.5 cm³/mol. The third kappa shape index (κ3) is 2.12. The number of hydrogen-bond acceptors (Lipinski definition) is 3. The maximum atomic E-state index is 5.93. The van der Waals surface area contributed by atoms with E-state index in [0.717, 1.165) is 31.1 Å². The lowest BCUT2D eigenvalue weighted by molar-refractivity contribution is 0.297. The average molecular weight is 233 g/mol. The topological polar surface area (TPSA) is 44.5 Å². The van der Waals surface area contributed by atoms with Crippen LogP contribution in [0.5, 0.6) is 11.5 Å². The molecule has 1 aromatic carbocycles. The van der Waals surface area contributed by atoms with Gasteiger partial charge in [-0.25, -0.2) is 0 Å². The smallest absolute Gasteiger partial charge is 0.161 e. The van der Waals surface area contributed by atoms with Crippen molar-refractivity contribution in [1.82, 2.24) is 0 Å². The molecule has 3 unspecified atom stereocenters. The summed E-state index contributed by atoms with van der Waals surface area (Å²) in [6.07, 6.45) is 2.16. The standard InChI is InChI=1S/C14H19NO2/c1-9(15)11-8-12(11)10-3-4-13-14(7-10)17-6-2-5-16-13/h3-4,7,9,11-12H,2,5-6,8,15H2,1H3. The molecule has 2 aliphatic rings. The van der Waals surface area contributed by atoms with E-state index < -0.39 is 0 Å². The highest BCUT2D eigenvalue weighted by Gasteiger charge is 2.41. The highest BCUT2D eigenvalue weighted by molar-refractivity contribution is 5.45. The van der Waals surface area contributed by atoms with Gasteiger partial charge in [0.15, 0.2) is 11.5 Å². The van der Waals surface area contributed by atoms with Crippen LogP contribution in [-0.4, -0.2) is 19.3 Å². The second-order valence-electron chi connectivity index (χ2n) is 5.12. The summed E-state index contributed by atoms with van der Waals surface area (Å²) in [5.41, 5.74) is 7.28. The Morgan fingerprint density at radius 3 is 2.71 bits per heavy atom. The van der Waals surface area contributed by atoms with E-state index in [1.165, 1.54) is 12.0 Å². The molecule has 0 radical (unpaired) electrons. The fourth-order valence-electron chi connectivity index (χ4n) is 2.59. The molecule has 3 nitrogen and oxygen atoms in total. The summed E-state index contributed by atoms with van der Waals surface area (Å²) in [6.45, 7) is 3.59. The first-order valence-electron chi connectivity index (χ1n) is 6.41. The van der Waals surface area contributed by atoms with Crippen LogP contribution in [0.4, 0.5) is 0 Å². The summed E-state index contributed by atoms with van der Waals surface area (Å²) in [7, 11) is 0. The van der Waals surface area contributed by atoms with Gasteiger partial charge in [0.25, 0.3) is 0 Å². The van der Waals surface area contributed by atoms with Crippen molar-refractivity contribution in [2.75, 3.05) is 13.2 Å². The van der Waals surface area contributed by atoms with Crippen molar-refractivity contribution in [2.24, 2.45) is 11.7 Å². The molecule has 1 heterocycles. The van der Waals surface area contributed by atoms with Crippen LogP contribution in [0.2, 0.25) is 0 Å². The second kappa shape index (κ2) is 4.22. The van der Waals surface area contributed by atoms with Crippen molar-refractivity contribution in [2.45, 2.75) is 31.7 Å². The van der Waals surface area contributed by atoms with Gasteiger partial charge in [-0.3, -0.25) is 0 Å². The summed E-state index contributed by atoms with van der Waals surface area (Å²) in [5.74, 6) is 3.03. The summed E-state index contributed by atoms with van der Waals surface area (Å²) >= 11 is 0. The SMILES string of the molecule is CC(N)C1CC1c1ccc2c(c1)OCCCO2. The molecule has 2 N–H and O–H groups in total. The van der Waals surface area contributed by atoms with E-state index in [2.05, 4.69) is 19.1 Å². The molecule has 0 aromatic heterocycles. The molecule has 3 rings (SSSR count). The van der Waals surface area contributed by atoms with Gasteiger partial charge in [-0.1, -0.05) is 6.07 Å². The molecule has 1 aromatic rings. The second-order valence-corrected chi connectivity index (χ2v) is 5.12. The van der Waals surface area contributed by atoms with Gasteiger partial charge in [0, 0.05) is 12.5 Å². The van der Waals surface area contributed by atoms with E-state index in [-0.39, 0.29) is 6.04 Å². The molecule has 0 bridgehead atoms. The molecule has 1 fully saturated rings. The summed E-state index contributed by atoms with van der Waals surface area (Å²) in [6, 6.07) is 6.61. The molecule has 0 spiro atoms. The minimum absolute atomic E-state index is 0.288. The van der Waals surface area contributed by atoms with Crippen molar-refractivity contribution >= 4 is 0 Å². The first-order chi connectivity index (χ1) is 8.25. The normalized spacial score (nSPS) is 28.4. The molecule has 1 aliphatic heterocycles. The Balaban J connectivity index is 1.81. The number of rotatable bonds is 2. The number of nitrogens with two attached hydrogens (primary N) is 1. The largest absolute Gasteiger partial charge is 0.490 e. The zero-order valence-electron chi connectivity index (χ0n) is 10.2. The number of benzene rings is 1. The molecule has 3 atom stereocenters. The lowest BCUT2D eigenvalue weighted by atomic mass is 10.1. The van der Waals surface area contributed by atoms with Crippen molar-refractivity contribution in [1.29, 1.82) is 0 Å². The van der Waals surface area contributed by atoms with E-state index >= 15 is 0 Å². The highest BCUT2D eigenvalue weighted by Crippen LogP contribution is 2.50. The van der Waals surface area contributed by atoms with E-state index in [1.54, 1.807) is 0 Å². The van der Waals surface area contributed by atoms with Crippen LogP contribution in [0.25, 0.3) is 0 Å². The van der Waals surface area contributed by atoms with Crippen LogP contribution in [0.1, 0.15) is 31.2 Å². The quantitative estimate of drug-likeness (QED) is 0.852. The number of fused-ring (bicyclic) bond motifs is 1. The van der Waals surface area contributed by atoms with Gasteiger partial charge in [-0.05, 0) is 42.9 Å². The maximum Gasteiger partial charge on any atom is 0.161 e. The van der Waals surface area contributed by atoms with Crippen molar-refractivity contribution in [3.63, 3.8) is 0 Å². The zero-order chi connectivity index (χ0) is 11.8. The molecule has 0 amide bonds. The van der Waals surface area contributed by atoms with Crippen LogP contribution in [0.3, 0.4) is 0 Å². The molecule has 92 valence electrons. The predicted octanol–water partition coefficient (Wildman–Crippen LogP) is 2.30. The zero-order valence-corrected chi connectivity index (χ0v) is 10.2. The van der Waals surface area contributed by atoms with Crippen molar-refractivity contribution < 1.29 is 9.47 Å². The number of hydrogen-bond donors (Lipinski definition) is 1. The van der Waals surface area contributed by atoms with E-state index in [4.69, 9.17) is 15.2 Å². The van der Waals surface area contributed by atoms with Crippen molar-refractivity contribution in [3.8, 4) is 11.5 Å². The summed E-state index contributed by atoms with van der Waals surface area (Å²) in [4.78, 5) is 0. The maximum absolute atomic E-state index is 5.93. The first-order valence-corrected chi connectivity index (χ1v) is 6.41. The third-order valence-corrected chi connectivity index (χ3v) is 3.71. The molecular formula is C14H19NO2. The minimum atomic E-state index is 0.288. The van der Waals surface area contributed by atoms with Gasteiger partial charge in [-0.15, -0.1) is 0 Å². The van der Waals surface area contributed by atoms with Crippen LogP contribution in [0, 0.1) is 5.92 Å². The average Bonchev–Trinajstić information content (AvgIpc) is 3.12. The minimum Gasteiger partial charge on any atom is -0.490 e. The van der Waals surface area contributed by atoms with Gasteiger partial charge in [0.2, 0.25) is 0 Å². The highest BCUT2D eigenvalue weighted by atomic mass is 16.5. The molecule has 1 saturated carbocycles. The Bertz CT molecular complexity index is 417. The molecule has 0 saturated heterocycles. The molecule has 17 heavy (non-hydrogen) atoms. The Hall–Kier alpha value is -1.22. The van der Waals surface area contributed by atoms with E-state index in [1.807, 2.05) is 6.07 Å². The number of ether oxygens (including phenoxy) is 2. The van der Waals surface area contributed by atoms with Crippen LogP contribution < -0.4 is 15.2 Å². The van der Waals surface area contributed by atoms with Gasteiger partial charge in [0.05, 0.1) is 13.2 Å². The lowest BCUT2D eigenvalue weighted by Crippen LogP contribution is -2.17. The molecule has 3 heteroatoms. The van der Waals surface area contributed by atoms with E-state index in [0.29, 0.717) is 11.8 Å². The van der Waals surface area contributed by atoms with Crippen LogP contribution >= 0.6 is 0 Å². The van der Waals surface area contributed by atoms with Crippen molar-refractivity contribution in [3.05, 3.63) is 23.8 Å². The van der Waals surface area contributed by atoms with Gasteiger partial charge < -0.3 is 15.2 Å². The summed E-state index contributed by atoms with van der Waals surface area (Å²) in [5, 5.41) is 0. The van der Waals surface area contributed by atoms with Gasteiger partial charge in [0.1, 0.15) is 0 Å². The third-order valence-electron chi connectivity index (χ3n) is 3.71. The first kappa shape index (κ1) is 10.9. The fourth-order valence-corrected chi connectivity index (χ4v) is 2.59. The Kier molecular flexibility index (Phi) is 2.71. The Labute approximate surface area is 102 Å². The lowest BCUT2D eigenvalue weighted by Gasteiger charge is -2.10. The Morgan fingerprint density at radius 1 is 1.24 bits per heavy atom. The fraction of sp³-hybridized carbons (Fsp3) is 0.571. The van der Waals surface area contributed by atoms with Crippen LogP contribution in [-0.2, 0) is 0 Å². The van der Waals surface area contributed by atoms with Gasteiger partial charge >= 0.3 is 0 Å². The van der Waals surface area contributed by atoms with E-state index in [9.17, 15) is 0 Å². The summed E-state index contributed by atoms with van der Waals surface area (Å²) < 4.78 is 11.3. The molecular weight excluding hydrogens is 214 g/mol.